The van der Waals surface area contributed by atoms with Crippen LogP contribution in [0, 0.1) is 11.6 Å². The van der Waals surface area contributed by atoms with Gasteiger partial charge in [0.05, 0.1) is 18.9 Å². The highest BCUT2D eigenvalue weighted by molar-refractivity contribution is 7.88. The third-order valence-corrected chi connectivity index (χ3v) is 6.98. The summed E-state index contributed by atoms with van der Waals surface area (Å²) in [6, 6.07) is 1.95. The number of ether oxygens (including phenoxy) is 1. The fourth-order valence-corrected chi connectivity index (χ4v) is 4.48. The minimum absolute atomic E-state index is 0.000851. The van der Waals surface area contributed by atoms with Gasteiger partial charge in [0, 0.05) is 25.3 Å². The number of hydrogen-bond acceptors (Lipinski definition) is 8. The topological polar surface area (TPSA) is 128 Å². The highest BCUT2D eigenvalue weighted by Gasteiger charge is 2.29. The van der Waals surface area contributed by atoms with Gasteiger partial charge in [0.15, 0.2) is 11.6 Å². The predicted molar refractivity (Wildman–Crippen MR) is 115 cm³/mol. The van der Waals surface area contributed by atoms with Crippen molar-refractivity contribution in [3.05, 3.63) is 41.1 Å². The van der Waals surface area contributed by atoms with Crippen LogP contribution in [-0.4, -0.2) is 61.0 Å². The number of anilines is 2. The van der Waals surface area contributed by atoms with Crippen LogP contribution >= 0.6 is 0 Å². The van der Waals surface area contributed by atoms with Crippen molar-refractivity contribution < 1.29 is 26.7 Å². The van der Waals surface area contributed by atoms with Gasteiger partial charge in [0.2, 0.25) is 21.8 Å². The Morgan fingerprint density at radius 2 is 1.91 bits per heavy atom. The number of benzene rings is 1. The van der Waals surface area contributed by atoms with Gasteiger partial charge in [0.25, 0.3) is 0 Å². The SMILES string of the molecule is COc1ccc(F)c(F)c1C(=O)c1cnc(NC2CCC(N(C)S(C)(=O)=O)CC2)nc1N. The van der Waals surface area contributed by atoms with Crippen LogP contribution in [0.15, 0.2) is 18.3 Å². The van der Waals surface area contributed by atoms with Crippen molar-refractivity contribution in [1.82, 2.24) is 14.3 Å². The third-order valence-electron chi connectivity index (χ3n) is 5.63. The van der Waals surface area contributed by atoms with E-state index >= 15 is 0 Å². The Kier molecular flexibility index (Phi) is 6.94. The Labute approximate surface area is 185 Å². The lowest BCUT2D eigenvalue weighted by atomic mass is 9.91. The normalized spacial score (nSPS) is 19.1. The number of nitrogens with zero attached hydrogens (tertiary/aromatic N) is 3. The summed E-state index contributed by atoms with van der Waals surface area (Å²) in [6.07, 6.45) is 5.07. The van der Waals surface area contributed by atoms with Gasteiger partial charge in [-0.2, -0.15) is 4.98 Å². The molecule has 0 atom stereocenters. The first-order valence-electron chi connectivity index (χ1n) is 9.91. The molecule has 0 unspecified atom stereocenters. The van der Waals surface area contributed by atoms with Gasteiger partial charge in [-0.25, -0.2) is 26.5 Å². The van der Waals surface area contributed by atoms with Crippen molar-refractivity contribution in [1.29, 1.82) is 0 Å². The molecular formula is C20H25F2N5O4S. The summed E-state index contributed by atoms with van der Waals surface area (Å²) in [5.41, 5.74) is 5.14. The van der Waals surface area contributed by atoms with Gasteiger partial charge in [0.1, 0.15) is 17.1 Å². The molecule has 0 radical (unpaired) electrons. The van der Waals surface area contributed by atoms with E-state index in [0.717, 1.165) is 18.3 Å². The van der Waals surface area contributed by atoms with Crippen LogP contribution in [0.2, 0.25) is 0 Å². The highest BCUT2D eigenvalue weighted by Crippen LogP contribution is 2.29. The first-order chi connectivity index (χ1) is 15.0. The molecule has 174 valence electrons. The molecule has 1 saturated carbocycles. The largest absolute Gasteiger partial charge is 0.496 e. The number of hydrogen-bond donors (Lipinski definition) is 2. The number of nitrogen functional groups attached to an aromatic ring is 1. The van der Waals surface area contributed by atoms with Crippen molar-refractivity contribution in [2.45, 2.75) is 37.8 Å². The van der Waals surface area contributed by atoms with E-state index in [9.17, 15) is 22.0 Å². The maximum absolute atomic E-state index is 14.3. The summed E-state index contributed by atoms with van der Waals surface area (Å²) in [4.78, 5) is 21.0. The maximum atomic E-state index is 14.3. The molecule has 1 fully saturated rings. The molecule has 1 aliphatic carbocycles. The molecule has 9 nitrogen and oxygen atoms in total. The quantitative estimate of drug-likeness (QED) is 0.591. The standard InChI is InChI=1S/C20H25F2N5O4S/c1-27(32(3,29)30)12-6-4-11(5-7-12)25-20-24-10-13(19(23)26-20)18(28)16-15(31-2)9-8-14(21)17(16)22/h8-12H,4-7H2,1-3H3,(H3,23,24,25,26). The number of halogens is 2. The third kappa shape index (κ3) is 4.96. The number of methoxy groups -OCH3 is 1. The molecule has 32 heavy (non-hydrogen) atoms. The summed E-state index contributed by atoms with van der Waals surface area (Å²) >= 11 is 0. The van der Waals surface area contributed by atoms with Gasteiger partial charge in [-0.15, -0.1) is 0 Å². The van der Waals surface area contributed by atoms with Gasteiger partial charge in [-0.1, -0.05) is 0 Å². The van der Waals surface area contributed by atoms with Crippen molar-refractivity contribution in [3.8, 4) is 5.75 Å². The monoisotopic (exact) mass is 469 g/mol. The number of aromatic nitrogens is 2. The van der Waals surface area contributed by atoms with E-state index in [-0.39, 0.29) is 35.2 Å². The molecule has 0 aliphatic heterocycles. The molecule has 0 bridgehead atoms. The zero-order valence-corrected chi connectivity index (χ0v) is 18.7. The molecule has 12 heteroatoms. The van der Waals surface area contributed by atoms with E-state index in [4.69, 9.17) is 10.5 Å². The summed E-state index contributed by atoms with van der Waals surface area (Å²) in [5.74, 6) is -3.57. The van der Waals surface area contributed by atoms with Crippen LogP contribution < -0.4 is 15.8 Å². The Morgan fingerprint density at radius 3 is 2.47 bits per heavy atom. The molecule has 3 rings (SSSR count). The van der Waals surface area contributed by atoms with Crippen molar-refractivity contribution in [2.24, 2.45) is 0 Å². The first-order valence-corrected chi connectivity index (χ1v) is 11.8. The Hall–Kier alpha value is -2.86. The van der Waals surface area contributed by atoms with E-state index < -0.39 is 33.0 Å². The fourth-order valence-electron chi connectivity index (χ4n) is 3.73. The van der Waals surface area contributed by atoms with Crippen LogP contribution in [0.3, 0.4) is 0 Å². The average molecular weight is 470 g/mol. The van der Waals surface area contributed by atoms with Gasteiger partial charge in [-0.3, -0.25) is 4.79 Å². The minimum atomic E-state index is -3.25. The number of nitrogens with one attached hydrogen (secondary N) is 1. The van der Waals surface area contributed by atoms with Crippen molar-refractivity contribution in [2.75, 3.05) is 31.5 Å². The van der Waals surface area contributed by atoms with Crippen LogP contribution in [0.1, 0.15) is 41.6 Å². The van der Waals surface area contributed by atoms with E-state index in [1.54, 1.807) is 7.05 Å². The molecule has 0 amide bonds. The summed E-state index contributed by atoms with van der Waals surface area (Å²) < 4.78 is 57.7. The molecule has 2 aromatic rings. The highest BCUT2D eigenvalue weighted by atomic mass is 32.2. The predicted octanol–water partition coefficient (Wildman–Crippen LogP) is 2.19. The number of carbonyl (C=O) groups is 1. The van der Waals surface area contributed by atoms with E-state index in [1.165, 1.54) is 17.7 Å². The molecule has 0 saturated heterocycles. The number of rotatable bonds is 7. The van der Waals surface area contributed by atoms with Crippen LogP contribution in [0.4, 0.5) is 20.5 Å². The Balaban J connectivity index is 1.72. The van der Waals surface area contributed by atoms with Crippen molar-refractivity contribution >= 4 is 27.6 Å². The molecule has 1 aliphatic rings. The summed E-state index contributed by atoms with van der Waals surface area (Å²) in [6.45, 7) is 0. The maximum Gasteiger partial charge on any atom is 0.224 e. The minimum Gasteiger partial charge on any atom is -0.496 e. The van der Waals surface area contributed by atoms with Crippen molar-refractivity contribution in [3.63, 3.8) is 0 Å². The molecule has 1 heterocycles. The first kappa shape index (κ1) is 23.8. The van der Waals surface area contributed by atoms with E-state index in [1.807, 2.05) is 0 Å². The summed E-state index contributed by atoms with van der Waals surface area (Å²) in [7, 11) is -0.442. The van der Waals surface area contributed by atoms with E-state index in [0.29, 0.717) is 25.7 Å². The second-order valence-electron chi connectivity index (χ2n) is 7.69. The van der Waals surface area contributed by atoms with Gasteiger partial charge >= 0.3 is 0 Å². The van der Waals surface area contributed by atoms with E-state index in [2.05, 4.69) is 15.3 Å². The lowest BCUT2D eigenvalue weighted by Crippen LogP contribution is -2.41. The Morgan fingerprint density at radius 1 is 1.25 bits per heavy atom. The average Bonchev–Trinajstić information content (AvgIpc) is 2.74. The van der Waals surface area contributed by atoms with Crippen LogP contribution in [-0.2, 0) is 10.0 Å². The van der Waals surface area contributed by atoms with Crippen LogP contribution in [0.5, 0.6) is 5.75 Å². The molecule has 3 N–H and O–H groups in total. The Bertz CT molecular complexity index is 1120. The fraction of sp³-hybridized carbons (Fsp3) is 0.450. The second kappa shape index (κ2) is 9.33. The lowest BCUT2D eigenvalue weighted by molar-refractivity contribution is 0.103. The number of sulfonamides is 1. The summed E-state index contributed by atoms with van der Waals surface area (Å²) in [5, 5.41) is 3.13. The number of ketones is 1. The molecule has 0 spiro atoms. The zero-order valence-electron chi connectivity index (χ0n) is 17.9. The zero-order chi connectivity index (χ0) is 23.6. The smallest absolute Gasteiger partial charge is 0.224 e. The molecular weight excluding hydrogens is 444 g/mol. The van der Waals surface area contributed by atoms with Crippen LogP contribution in [0.25, 0.3) is 0 Å². The molecule has 1 aromatic carbocycles. The number of nitrogens with two attached hydrogens (primary N) is 1. The molecule has 1 aromatic heterocycles. The number of carbonyl (C=O) groups excluding carboxylic acids is 1. The van der Waals surface area contributed by atoms with Gasteiger partial charge < -0.3 is 15.8 Å². The second-order valence-corrected chi connectivity index (χ2v) is 9.73. The lowest BCUT2D eigenvalue weighted by Gasteiger charge is -2.33. The van der Waals surface area contributed by atoms with Gasteiger partial charge in [-0.05, 0) is 37.8 Å².